The highest BCUT2D eigenvalue weighted by molar-refractivity contribution is 7.10. The molecule has 0 atom stereocenters. The number of amides is 2. The molecule has 6 heteroatoms. The number of urea groups is 1. The minimum Gasteiger partial charge on any atom is -0.330 e. The minimum atomic E-state index is -0.276. The molecule has 0 radical (unpaired) electrons. The molecule has 1 aromatic heterocycles. The van der Waals surface area contributed by atoms with Crippen LogP contribution >= 0.6 is 11.5 Å². The van der Waals surface area contributed by atoms with Crippen LogP contribution in [0.15, 0.2) is 30.3 Å². The van der Waals surface area contributed by atoms with Gasteiger partial charge in [-0.1, -0.05) is 0 Å². The van der Waals surface area contributed by atoms with E-state index in [-0.39, 0.29) is 11.8 Å². The van der Waals surface area contributed by atoms with Gasteiger partial charge in [-0.3, -0.25) is 4.90 Å². The second-order valence-corrected chi connectivity index (χ2v) is 5.26. The van der Waals surface area contributed by atoms with Crippen LogP contribution in [0.4, 0.5) is 14.2 Å². The highest BCUT2D eigenvalue weighted by atomic mass is 32.1. The van der Waals surface area contributed by atoms with Crippen molar-refractivity contribution in [3.8, 4) is 11.3 Å². The predicted octanol–water partition coefficient (Wildman–Crippen LogP) is 3.46. The van der Waals surface area contributed by atoms with Crippen LogP contribution in [0.1, 0.15) is 6.92 Å². The molecule has 0 spiro atoms. The Hall–Kier alpha value is -1.95. The fraction of sp³-hybridized carbons (Fsp3) is 0.286. The maximum atomic E-state index is 12.9. The second-order valence-electron chi connectivity index (χ2n) is 4.48. The molecule has 0 aliphatic rings. The topological polar surface area (TPSA) is 36.4 Å². The summed E-state index contributed by atoms with van der Waals surface area (Å²) >= 11 is 1.26. The number of hydrogen-bond acceptors (Lipinski definition) is 3. The smallest absolute Gasteiger partial charge is 0.324 e. The lowest BCUT2D eigenvalue weighted by molar-refractivity contribution is 0.224. The number of carbonyl (C=O) groups excluding carboxylic acids is 1. The van der Waals surface area contributed by atoms with Gasteiger partial charge >= 0.3 is 6.03 Å². The zero-order valence-corrected chi connectivity index (χ0v) is 12.4. The van der Waals surface area contributed by atoms with Crippen LogP contribution < -0.4 is 4.90 Å². The Balaban J connectivity index is 2.27. The van der Waals surface area contributed by atoms with E-state index in [4.69, 9.17) is 0 Å². The van der Waals surface area contributed by atoms with Gasteiger partial charge in [-0.05, 0) is 42.7 Å². The van der Waals surface area contributed by atoms with Gasteiger partial charge in [0.1, 0.15) is 10.8 Å². The van der Waals surface area contributed by atoms with E-state index in [0.29, 0.717) is 6.54 Å². The number of aromatic nitrogens is 1. The number of anilines is 1. The van der Waals surface area contributed by atoms with Gasteiger partial charge in [0.15, 0.2) is 0 Å². The largest absolute Gasteiger partial charge is 0.330 e. The first kappa shape index (κ1) is 14.5. The van der Waals surface area contributed by atoms with E-state index in [1.54, 1.807) is 31.1 Å². The van der Waals surface area contributed by atoms with E-state index < -0.39 is 0 Å². The van der Waals surface area contributed by atoms with Crippen molar-refractivity contribution in [2.24, 2.45) is 0 Å². The van der Waals surface area contributed by atoms with Crippen molar-refractivity contribution >= 4 is 22.6 Å². The summed E-state index contributed by atoms with van der Waals surface area (Å²) < 4.78 is 17.2. The number of carbonyl (C=O) groups is 1. The third-order valence-electron chi connectivity index (χ3n) is 2.83. The Bertz CT molecular complexity index is 595. The average molecular weight is 293 g/mol. The third-order valence-corrected chi connectivity index (χ3v) is 3.65. The van der Waals surface area contributed by atoms with Crippen molar-refractivity contribution in [1.29, 1.82) is 0 Å². The zero-order valence-electron chi connectivity index (χ0n) is 11.6. The lowest BCUT2D eigenvalue weighted by atomic mass is 10.1. The highest BCUT2D eigenvalue weighted by Crippen LogP contribution is 2.28. The first-order chi connectivity index (χ1) is 9.52. The molecule has 1 aromatic carbocycles. The van der Waals surface area contributed by atoms with Crippen molar-refractivity contribution in [2.45, 2.75) is 6.92 Å². The molecule has 2 aromatic rings. The molecule has 1 heterocycles. The Morgan fingerprint density at radius 3 is 2.50 bits per heavy atom. The number of halogens is 1. The van der Waals surface area contributed by atoms with Crippen LogP contribution in [0.5, 0.6) is 0 Å². The van der Waals surface area contributed by atoms with Gasteiger partial charge in [0.2, 0.25) is 0 Å². The molecule has 20 heavy (non-hydrogen) atoms. The lowest BCUT2D eigenvalue weighted by Crippen LogP contribution is -2.38. The molecule has 4 nitrogen and oxygen atoms in total. The Labute approximate surface area is 121 Å². The van der Waals surface area contributed by atoms with Crippen LogP contribution in [-0.2, 0) is 0 Å². The van der Waals surface area contributed by atoms with E-state index in [2.05, 4.69) is 4.37 Å². The molecule has 0 unspecified atom stereocenters. The summed E-state index contributed by atoms with van der Waals surface area (Å²) in [6.07, 6.45) is 0. The van der Waals surface area contributed by atoms with Gasteiger partial charge in [-0.25, -0.2) is 9.18 Å². The molecular weight excluding hydrogens is 277 g/mol. The van der Waals surface area contributed by atoms with Gasteiger partial charge in [0, 0.05) is 32.3 Å². The number of nitrogens with zero attached hydrogens (tertiary/aromatic N) is 3. The second kappa shape index (κ2) is 6.00. The lowest BCUT2D eigenvalue weighted by Gasteiger charge is -2.22. The normalized spacial score (nSPS) is 10.4. The Kier molecular flexibility index (Phi) is 4.34. The molecule has 106 valence electrons. The van der Waals surface area contributed by atoms with E-state index in [0.717, 1.165) is 16.3 Å². The molecule has 2 rings (SSSR count). The molecular formula is C14H16FN3OS. The van der Waals surface area contributed by atoms with Crippen LogP contribution in [0.2, 0.25) is 0 Å². The SMILES string of the molecule is CCN(C(=O)N(C)C)c1cc(-c2ccc(F)cc2)ns1. The molecule has 0 saturated carbocycles. The van der Waals surface area contributed by atoms with Crippen LogP contribution in [-0.4, -0.2) is 35.9 Å². The number of benzene rings is 1. The summed E-state index contributed by atoms with van der Waals surface area (Å²) in [7, 11) is 3.43. The predicted molar refractivity (Wildman–Crippen MR) is 79.6 cm³/mol. The van der Waals surface area contributed by atoms with Crippen LogP contribution in [0, 0.1) is 5.82 Å². The fourth-order valence-electron chi connectivity index (χ4n) is 1.78. The van der Waals surface area contributed by atoms with E-state index in [9.17, 15) is 9.18 Å². The summed E-state index contributed by atoms with van der Waals surface area (Å²) in [5.41, 5.74) is 1.58. The Morgan fingerprint density at radius 1 is 1.30 bits per heavy atom. The number of hydrogen-bond donors (Lipinski definition) is 0. The molecule has 0 N–H and O–H groups in total. The van der Waals surface area contributed by atoms with E-state index >= 15 is 0 Å². The van der Waals surface area contributed by atoms with Crippen LogP contribution in [0.3, 0.4) is 0 Å². The zero-order chi connectivity index (χ0) is 14.7. The Morgan fingerprint density at radius 2 is 1.95 bits per heavy atom. The van der Waals surface area contributed by atoms with Crippen molar-refractivity contribution in [3.63, 3.8) is 0 Å². The highest BCUT2D eigenvalue weighted by Gasteiger charge is 2.18. The summed E-state index contributed by atoms with van der Waals surface area (Å²) in [4.78, 5) is 15.2. The summed E-state index contributed by atoms with van der Waals surface area (Å²) in [6.45, 7) is 2.49. The molecule has 0 bridgehead atoms. The third kappa shape index (κ3) is 2.96. The van der Waals surface area contributed by atoms with Crippen molar-refractivity contribution in [1.82, 2.24) is 9.27 Å². The van der Waals surface area contributed by atoms with Crippen molar-refractivity contribution < 1.29 is 9.18 Å². The molecule has 0 fully saturated rings. The molecule has 0 aliphatic heterocycles. The summed E-state index contributed by atoms with van der Waals surface area (Å²) in [5, 5.41) is 0.783. The van der Waals surface area contributed by atoms with Gasteiger partial charge in [0.25, 0.3) is 0 Å². The van der Waals surface area contributed by atoms with Gasteiger partial charge in [-0.2, -0.15) is 4.37 Å². The number of rotatable bonds is 3. The van der Waals surface area contributed by atoms with Crippen molar-refractivity contribution in [3.05, 3.63) is 36.1 Å². The summed E-state index contributed by atoms with van der Waals surface area (Å²) in [5.74, 6) is -0.276. The molecule has 0 saturated heterocycles. The van der Waals surface area contributed by atoms with E-state index in [1.165, 1.54) is 28.6 Å². The quantitative estimate of drug-likeness (QED) is 0.869. The average Bonchev–Trinajstić information content (AvgIpc) is 2.89. The van der Waals surface area contributed by atoms with Gasteiger partial charge < -0.3 is 4.90 Å². The standard InChI is InChI=1S/C14H16FN3OS/c1-4-18(14(19)17(2)3)13-9-12(16-20-13)10-5-7-11(15)8-6-10/h5-9H,4H2,1-3H3. The first-order valence-corrected chi connectivity index (χ1v) is 7.01. The monoisotopic (exact) mass is 293 g/mol. The van der Waals surface area contributed by atoms with Gasteiger partial charge in [-0.15, -0.1) is 0 Å². The van der Waals surface area contributed by atoms with Gasteiger partial charge in [0.05, 0.1) is 5.69 Å². The summed E-state index contributed by atoms with van der Waals surface area (Å²) in [6, 6.07) is 7.93. The maximum absolute atomic E-state index is 12.9. The minimum absolute atomic E-state index is 0.0817. The maximum Gasteiger partial charge on any atom is 0.324 e. The van der Waals surface area contributed by atoms with Crippen LogP contribution in [0.25, 0.3) is 11.3 Å². The van der Waals surface area contributed by atoms with Crippen molar-refractivity contribution in [2.75, 3.05) is 25.5 Å². The molecule has 2 amide bonds. The first-order valence-electron chi connectivity index (χ1n) is 6.24. The molecule has 0 aliphatic carbocycles. The fourth-order valence-corrected chi connectivity index (χ4v) is 2.60. The van der Waals surface area contributed by atoms with E-state index in [1.807, 2.05) is 13.0 Å².